The molecule has 2 aliphatic rings. The monoisotopic (exact) mass is 406 g/mol. The summed E-state index contributed by atoms with van der Waals surface area (Å²) in [6.45, 7) is 0. The Kier molecular flexibility index (Phi) is 8.69. The van der Waals surface area contributed by atoms with Crippen LogP contribution in [0.4, 0.5) is 0 Å². The Hall–Kier alpha value is -1.32. The number of hydrogen-bond acceptors (Lipinski definition) is 2. The summed E-state index contributed by atoms with van der Waals surface area (Å²) >= 11 is 0. The molecule has 4 heteroatoms. The maximum Gasteiger partial charge on any atom is 0.178 e. The lowest BCUT2D eigenvalue weighted by molar-refractivity contribution is 0.457. The van der Waals surface area contributed by atoms with E-state index in [-0.39, 0.29) is 0 Å². The Morgan fingerprint density at radius 3 is 1.83 bits per heavy atom. The van der Waals surface area contributed by atoms with Crippen LogP contribution in [0.15, 0.2) is 12.3 Å². The highest BCUT2D eigenvalue weighted by Crippen LogP contribution is 2.29. The third-order valence-corrected chi connectivity index (χ3v) is 7.46. The van der Waals surface area contributed by atoms with Crippen molar-refractivity contribution < 1.29 is 0 Å². The first-order chi connectivity index (χ1) is 14.9. The van der Waals surface area contributed by atoms with Gasteiger partial charge in [0.25, 0.3) is 0 Å². The van der Waals surface area contributed by atoms with Gasteiger partial charge in [-0.3, -0.25) is 4.98 Å². The van der Waals surface area contributed by atoms with Crippen LogP contribution in [-0.4, -0.2) is 22.2 Å². The molecule has 2 fully saturated rings. The van der Waals surface area contributed by atoms with Crippen LogP contribution in [-0.2, 0) is 0 Å². The molecule has 30 heavy (non-hydrogen) atoms. The van der Waals surface area contributed by atoms with E-state index in [4.69, 9.17) is 9.97 Å². The van der Waals surface area contributed by atoms with Crippen molar-refractivity contribution in [3.05, 3.63) is 18.0 Å². The van der Waals surface area contributed by atoms with Crippen molar-refractivity contribution in [2.75, 3.05) is 0 Å². The summed E-state index contributed by atoms with van der Waals surface area (Å²) in [5.74, 6) is 1.29. The number of nitrogens with one attached hydrogen (secondary N) is 1. The molecular weight excluding hydrogens is 365 g/mol. The summed E-state index contributed by atoms with van der Waals surface area (Å²) in [5.41, 5.74) is 4.48. The van der Waals surface area contributed by atoms with Crippen LogP contribution in [0.3, 0.4) is 0 Å². The molecule has 2 aliphatic carbocycles. The van der Waals surface area contributed by atoms with Gasteiger partial charge in [0.1, 0.15) is 5.52 Å². The largest absolute Gasteiger partial charge is 0.351 e. The molecule has 2 aromatic rings. The molecule has 1 radical (unpaired) electrons. The van der Waals surface area contributed by atoms with Crippen molar-refractivity contribution in [1.82, 2.24) is 15.0 Å². The maximum absolute atomic E-state index is 5.06. The standard InChI is InChI=1S/C26H41BN3/c1-3-7-11-15-21(16-12-8-4-1)24-20-28-23-19-25(30-26(23)29-24)27-22-17-13-9-5-2-6-10-14-18-22/h19-22H,1-18H2,(H,29,30). The van der Waals surface area contributed by atoms with Crippen molar-refractivity contribution in [2.24, 2.45) is 0 Å². The predicted octanol–water partition coefficient (Wildman–Crippen LogP) is 7.21. The van der Waals surface area contributed by atoms with Crippen molar-refractivity contribution >= 4 is 24.0 Å². The highest BCUT2D eigenvalue weighted by molar-refractivity contribution is 6.54. The van der Waals surface area contributed by atoms with Crippen LogP contribution < -0.4 is 5.59 Å². The van der Waals surface area contributed by atoms with Crippen LogP contribution in [0.5, 0.6) is 0 Å². The molecule has 0 spiro atoms. The van der Waals surface area contributed by atoms with Gasteiger partial charge in [-0.25, -0.2) is 4.98 Å². The van der Waals surface area contributed by atoms with E-state index in [1.807, 2.05) is 0 Å². The number of hydrogen-bond donors (Lipinski definition) is 1. The van der Waals surface area contributed by atoms with Gasteiger partial charge in [-0.05, 0) is 24.5 Å². The molecule has 3 nitrogen and oxygen atoms in total. The Morgan fingerprint density at radius 2 is 1.23 bits per heavy atom. The summed E-state index contributed by atoms with van der Waals surface area (Å²) in [6.07, 6.45) is 26.9. The summed E-state index contributed by atoms with van der Waals surface area (Å²) in [5, 5.41) is 0. The Labute approximate surface area is 184 Å². The zero-order valence-electron chi connectivity index (χ0n) is 19.0. The second-order valence-electron chi connectivity index (χ2n) is 9.98. The fourth-order valence-corrected chi connectivity index (χ4v) is 5.58. The van der Waals surface area contributed by atoms with Crippen LogP contribution in [0.1, 0.15) is 127 Å². The minimum atomic E-state index is 0.592. The van der Waals surface area contributed by atoms with E-state index in [2.05, 4.69) is 24.5 Å². The first kappa shape index (κ1) is 21.9. The SMILES string of the molecule is [B](c1cc2ncc(C3CCCCCCCCC3)nc2[nH]1)C1CCCCCCCCC1. The van der Waals surface area contributed by atoms with Crippen LogP contribution >= 0.6 is 0 Å². The average Bonchev–Trinajstić information content (AvgIpc) is 3.18. The van der Waals surface area contributed by atoms with E-state index in [0.29, 0.717) is 11.7 Å². The molecular formula is C26H41BN3. The van der Waals surface area contributed by atoms with Crippen molar-refractivity contribution in [3.63, 3.8) is 0 Å². The number of rotatable bonds is 3. The topological polar surface area (TPSA) is 41.6 Å². The average molecular weight is 406 g/mol. The van der Waals surface area contributed by atoms with Crippen LogP contribution in [0.25, 0.3) is 11.2 Å². The lowest BCUT2D eigenvalue weighted by Crippen LogP contribution is -2.21. The quantitative estimate of drug-likeness (QED) is 0.547. The van der Waals surface area contributed by atoms with Gasteiger partial charge < -0.3 is 4.98 Å². The third-order valence-electron chi connectivity index (χ3n) is 7.46. The number of aromatic amines is 1. The summed E-state index contributed by atoms with van der Waals surface area (Å²) < 4.78 is 0. The first-order valence-electron chi connectivity index (χ1n) is 13.1. The molecule has 0 unspecified atom stereocenters. The zero-order chi connectivity index (χ0) is 20.4. The third kappa shape index (κ3) is 6.59. The van der Waals surface area contributed by atoms with Crippen molar-refractivity contribution in [1.29, 1.82) is 0 Å². The van der Waals surface area contributed by atoms with Gasteiger partial charge in [0.2, 0.25) is 0 Å². The Balaban J connectivity index is 1.41. The Morgan fingerprint density at radius 1 is 0.700 bits per heavy atom. The molecule has 2 heterocycles. The molecule has 0 bridgehead atoms. The minimum absolute atomic E-state index is 0.592. The lowest BCUT2D eigenvalue weighted by Gasteiger charge is -2.17. The van der Waals surface area contributed by atoms with Crippen molar-refractivity contribution in [2.45, 2.75) is 127 Å². The van der Waals surface area contributed by atoms with Crippen molar-refractivity contribution in [3.8, 4) is 0 Å². The van der Waals surface area contributed by atoms with E-state index in [9.17, 15) is 0 Å². The molecule has 4 rings (SSSR count). The van der Waals surface area contributed by atoms with Crippen LogP contribution in [0, 0.1) is 0 Å². The number of fused-ring (bicyclic) bond motifs is 1. The van der Waals surface area contributed by atoms with Gasteiger partial charge in [0.15, 0.2) is 12.9 Å². The van der Waals surface area contributed by atoms with Gasteiger partial charge in [-0.15, -0.1) is 0 Å². The molecule has 2 saturated carbocycles. The lowest BCUT2D eigenvalue weighted by atomic mass is 9.58. The molecule has 0 amide bonds. The smallest absolute Gasteiger partial charge is 0.178 e. The molecule has 1 N–H and O–H groups in total. The highest BCUT2D eigenvalue weighted by Gasteiger charge is 2.18. The van der Waals surface area contributed by atoms with Gasteiger partial charge in [-0.2, -0.15) is 0 Å². The summed E-state index contributed by atoms with van der Waals surface area (Å²) in [7, 11) is 2.48. The second-order valence-corrected chi connectivity index (χ2v) is 9.98. The zero-order valence-corrected chi connectivity index (χ0v) is 19.0. The molecule has 0 saturated heterocycles. The highest BCUT2D eigenvalue weighted by atomic mass is 14.9. The first-order valence-corrected chi connectivity index (χ1v) is 13.1. The van der Waals surface area contributed by atoms with Gasteiger partial charge >= 0.3 is 0 Å². The van der Waals surface area contributed by atoms with E-state index >= 15 is 0 Å². The molecule has 163 valence electrons. The molecule has 0 atom stereocenters. The summed E-state index contributed by atoms with van der Waals surface area (Å²) in [4.78, 5) is 13.5. The molecule has 0 aromatic carbocycles. The minimum Gasteiger partial charge on any atom is -0.351 e. The normalized spacial score (nSPS) is 22.0. The second kappa shape index (κ2) is 11.9. The number of aromatic nitrogens is 3. The molecule has 0 aliphatic heterocycles. The summed E-state index contributed by atoms with van der Waals surface area (Å²) in [6, 6.07) is 2.22. The fourth-order valence-electron chi connectivity index (χ4n) is 5.58. The Bertz CT molecular complexity index is 736. The number of nitrogens with zero attached hydrogens (tertiary/aromatic N) is 2. The maximum atomic E-state index is 5.06. The van der Waals surface area contributed by atoms with E-state index in [0.717, 1.165) is 11.2 Å². The predicted molar refractivity (Wildman–Crippen MR) is 129 cm³/mol. The fraction of sp³-hybridized carbons (Fsp3) is 0.769. The van der Waals surface area contributed by atoms with E-state index in [1.54, 1.807) is 0 Å². The van der Waals surface area contributed by atoms with Gasteiger partial charge in [-0.1, -0.05) is 109 Å². The number of H-pyrrole nitrogens is 1. The van der Waals surface area contributed by atoms with E-state index < -0.39 is 0 Å². The van der Waals surface area contributed by atoms with Gasteiger partial charge in [0.05, 0.1) is 5.69 Å². The van der Waals surface area contributed by atoms with E-state index in [1.165, 1.54) is 127 Å². The van der Waals surface area contributed by atoms with Gasteiger partial charge in [0, 0.05) is 12.1 Å². The van der Waals surface area contributed by atoms with Crippen LogP contribution in [0.2, 0.25) is 5.82 Å². The molecule has 2 aromatic heterocycles.